The van der Waals surface area contributed by atoms with Crippen molar-refractivity contribution in [2.75, 3.05) is 6.61 Å². The van der Waals surface area contributed by atoms with Crippen LogP contribution < -0.4 is 4.74 Å². The van der Waals surface area contributed by atoms with Crippen molar-refractivity contribution in [3.05, 3.63) is 48.0 Å². The number of ether oxygens (including phenoxy) is 1. The minimum absolute atomic E-state index is 0.219. The van der Waals surface area contributed by atoms with Crippen LogP contribution in [0.3, 0.4) is 0 Å². The number of carbonyl (C=O) groups excluding carboxylic acids is 1. The molecular weight excluding hydrogens is 221 g/mol. The predicted molar refractivity (Wildman–Crippen MR) is 62.3 cm³/mol. The van der Waals surface area contributed by atoms with Crippen molar-refractivity contribution in [1.82, 2.24) is 4.57 Å². The highest BCUT2D eigenvalue weighted by atomic mass is 19.1. The second kappa shape index (κ2) is 4.82. The van der Waals surface area contributed by atoms with Crippen molar-refractivity contribution in [1.29, 1.82) is 0 Å². The Kier molecular flexibility index (Phi) is 3.23. The third-order valence-electron chi connectivity index (χ3n) is 2.39. The molecule has 0 fully saturated rings. The van der Waals surface area contributed by atoms with Gasteiger partial charge in [-0.1, -0.05) is 0 Å². The number of hydrogen-bond acceptors (Lipinski definition) is 2. The standard InChI is InChI=1S/C13H12FNO2/c1-2-17-13-6-5-10(8-12(13)14)15-7-3-4-11(15)9-16/h3-9H,2H2,1H3. The zero-order valence-corrected chi connectivity index (χ0v) is 9.39. The van der Waals surface area contributed by atoms with Gasteiger partial charge in [0.25, 0.3) is 0 Å². The summed E-state index contributed by atoms with van der Waals surface area (Å²) < 4.78 is 20.4. The van der Waals surface area contributed by atoms with Gasteiger partial charge in [-0.25, -0.2) is 4.39 Å². The summed E-state index contributed by atoms with van der Waals surface area (Å²) in [4.78, 5) is 10.8. The fraction of sp³-hybridized carbons (Fsp3) is 0.154. The molecule has 1 heterocycles. The zero-order valence-electron chi connectivity index (χ0n) is 9.39. The van der Waals surface area contributed by atoms with E-state index in [1.165, 1.54) is 6.07 Å². The SMILES string of the molecule is CCOc1ccc(-n2cccc2C=O)cc1F. The fourth-order valence-electron chi connectivity index (χ4n) is 1.64. The molecule has 0 aliphatic carbocycles. The van der Waals surface area contributed by atoms with E-state index in [9.17, 15) is 9.18 Å². The maximum Gasteiger partial charge on any atom is 0.167 e. The van der Waals surface area contributed by atoms with Crippen LogP contribution in [-0.2, 0) is 0 Å². The van der Waals surface area contributed by atoms with Gasteiger partial charge in [0.2, 0.25) is 0 Å². The average molecular weight is 233 g/mol. The van der Waals surface area contributed by atoms with Crippen molar-refractivity contribution < 1.29 is 13.9 Å². The van der Waals surface area contributed by atoms with E-state index in [1.807, 2.05) is 0 Å². The monoisotopic (exact) mass is 233 g/mol. The quantitative estimate of drug-likeness (QED) is 0.760. The lowest BCUT2D eigenvalue weighted by Crippen LogP contribution is -2.00. The first kappa shape index (κ1) is 11.4. The Labute approximate surface area is 98.4 Å². The molecule has 17 heavy (non-hydrogen) atoms. The van der Waals surface area contributed by atoms with Gasteiger partial charge in [-0.2, -0.15) is 0 Å². The molecule has 0 unspecified atom stereocenters. The van der Waals surface area contributed by atoms with Gasteiger partial charge < -0.3 is 9.30 Å². The predicted octanol–water partition coefficient (Wildman–Crippen LogP) is 2.83. The van der Waals surface area contributed by atoms with E-state index >= 15 is 0 Å². The molecule has 4 heteroatoms. The number of aldehydes is 1. The topological polar surface area (TPSA) is 31.2 Å². The molecule has 0 atom stereocenters. The van der Waals surface area contributed by atoms with Crippen molar-refractivity contribution in [3.8, 4) is 11.4 Å². The third-order valence-corrected chi connectivity index (χ3v) is 2.39. The van der Waals surface area contributed by atoms with E-state index in [-0.39, 0.29) is 5.75 Å². The minimum atomic E-state index is -0.435. The third kappa shape index (κ3) is 2.20. The molecular formula is C13H12FNO2. The summed E-state index contributed by atoms with van der Waals surface area (Å²) in [5.41, 5.74) is 1.08. The highest BCUT2D eigenvalue weighted by Gasteiger charge is 2.07. The second-order valence-electron chi connectivity index (χ2n) is 3.47. The van der Waals surface area contributed by atoms with Gasteiger partial charge in [-0.15, -0.1) is 0 Å². The largest absolute Gasteiger partial charge is 0.491 e. The molecule has 0 aliphatic rings. The molecule has 88 valence electrons. The number of carbonyl (C=O) groups is 1. The summed E-state index contributed by atoms with van der Waals surface area (Å²) in [6.45, 7) is 2.21. The lowest BCUT2D eigenvalue weighted by atomic mass is 10.3. The van der Waals surface area contributed by atoms with Crippen molar-refractivity contribution in [2.24, 2.45) is 0 Å². The number of hydrogen-bond donors (Lipinski definition) is 0. The van der Waals surface area contributed by atoms with Crippen LogP contribution in [0.2, 0.25) is 0 Å². The van der Waals surface area contributed by atoms with Gasteiger partial charge in [-0.3, -0.25) is 4.79 Å². The lowest BCUT2D eigenvalue weighted by Gasteiger charge is -2.08. The first-order chi connectivity index (χ1) is 8.26. The maximum atomic E-state index is 13.6. The first-order valence-electron chi connectivity index (χ1n) is 5.31. The van der Waals surface area contributed by atoms with Crippen LogP contribution in [-0.4, -0.2) is 17.5 Å². The minimum Gasteiger partial charge on any atom is -0.491 e. The van der Waals surface area contributed by atoms with Gasteiger partial charge in [0.15, 0.2) is 17.9 Å². The zero-order chi connectivity index (χ0) is 12.3. The van der Waals surface area contributed by atoms with Gasteiger partial charge in [-0.05, 0) is 31.2 Å². The van der Waals surface area contributed by atoms with Crippen LogP contribution in [0.4, 0.5) is 4.39 Å². The summed E-state index contributed by atoms with van der Waals surface area (Å²) in [6, 6.07) is 8.02. The number of benzene rings is 1. The molecule has 1 aromatic heterocycles. The second-order valence-corrected chi connectivity index (χ2v) is 3.47. The number of nitrogens with zero attached hydrogens (tertiary/aromatic N) is 1. The average Bonchev–Trinajstić information content (AvgIpc) is 2.80. The first-order valence-corrected chi connectivity index (χ1v) is 5.31. The highest BCUT2D eigenvalue weighted by Crippen LogP contribution is 2.21. The van der Waals surface area contributed by atoms with Gasteiger partial charge in [0.1, 0.15) is 0 Å². The fourth-order valence-corrected chi connectivity index (χ4v) is 1.64. The summed E-state index contributed by atoms with van der Waals surface area (Å²) in [6.07, 6.45) is 2.44. The Bertz CT molecular complexity index is 534. The smallest absolute Gasteiger partial charge is 0.167 e. The Balaban J connectivity index is 2.41. The van der Waals surface area contributed by atoms with Gasteiger partial charge in [0, 0.05) is 18.0 Å². The van der Waals surface area contributed by atoms with Crippen LogP contribution in [0.1, 0.15) is 17.4 Å². The Hall–Kier alpha value is -2.10. The van der Waals surface area contributed by atoms with E-state index in [4.69, 9.17) is 4.74 Å². The molecule has 1 aromatic carbocycles. The van der Waals surface area contributed by atoms with Crippen molar-refractivity contribution in [2.45, 2.75) is 6.92 Å². The van der Waals surface area contributed by atoms with Crippen molar-refractivity contribution >= 4 is 6.29 Å². The summed E-state index contributed by atoms with van der Waals surface area (Å²) in [7, 11) is 0. The van der Waals surface area contributed by atoms with E-state index in [0.717, 1.165) is 6.29 Å². The maximum absolute atomic E-state index is 13.6. The van der Waals surface area contributed by atoms with Crippen molar-refractivity contribution in [3.63, 3.8) is 0 Å². The van der Waals surface area contributed by atoms with E-state index in [0.29, 0.717) is 18.0 Å². The highest BCUT2D eigenvalue weighted by molar-refractivity contribution is 5.73. The Morgan fingerprint density at radius 2 is 2.24 bits per heavy atom. The molecule has 0 saturated heterocycles. The molecule has 0 bridgehead atoms. The molecule has 0 amide bonds. The van der Waals surface area contributed by atoms with Crippen LogP contribution in [0.25, 0.3) is 5.69 Å². The normalized spacial score (nSPS) is 10.2. The molecule has 2 rings (SSSR count). The number of aromatic nitrogens is 1. The summed E-state index contributed by atoms with van der Waals surface area (Å²) in [5.74, 6) is -0.217. The lowest BCUT2D eigenvalue weighted by molar-refractivity contribution is 0.111. The summed E-state index contributed by atoms with van der Waals surface area (Å²) in [5, 5.41) is 0. The summed E-state index contributed by atoms with van der Waals surface area (Å²) >= 11 is 0. The number of rotatable bonds is 4. The molecule has 0 radical (unpaired) electrons. The van der Waals surface area contributed by atoms with E-state index < -0.39 is 5.82 Å². The Morgan fingerprint density at radius 1 is 1.41 bits per heavy atom. The molecule has 2 aromatic rings. The molecule has 3 nitrogen and oxygen atoms in total. The molecule has 0 N–H and O–H groups in total. The molecule has 0 saturated carbocycles. The van der Waals surface area contributed by atoms with E-state index in [1.54, 1.807) is 42.0 Å². The van der Waals surface area contributed by atoms with Gasteiger partial charge >= 0.3 is 0 Å². The van der Waals surface area contributed by atoms with Gasteiger partial charge in [0.05, 0.1) is 12.3 Å². The van der Waals surface area contributed by atoms with E-state index in [2.05, 4.69) is 0 Å². The Morgan fingerprint density at radius 3 is 2.88 bits per heavy atom. The molecule has 0 spiro atoms. The molecule has 0 aliphatic heterocycles. The van der Waals surface area contributed by atoms with Crippen LogP contribution in [0.5, 0.6) is 5.75 Å². The number of halogens is 1. The van der Waals surface area contributed by atoms with Crippen LogP contribution in [0.15, 0.2) is 36.5 Å². The van der Waals surface area contributed by atoms with Crippen LogP contribution >= 0.6 is 0 Å². The van der Waals surface area contributed by atoms with Crippen LogP contribution in [0, 0.1) is 5.82 Å².